The third-order valence-corrected chi connectivity index (χ3v) is 6.30. The molecule has 5 nitrogen and oxygen atoms in total. The van der Waals surface area contributed by atoms with Gasteiger partial charge in [-0.3, -0.25) is 9.48 Å². The van der Waals surface area contributed by atoms with Crippen molar-refractivity contribution in [2.24, 2.45) is 5.92 Å². The van der Waals surface area contributed by atoms with Crippen LogP contribution in [0.25, 0.3) is 10.2 Å². The molecule has 1 saturated heterocycles. The number of fused-ring (bicyclic) bond motifs is 1. The summed E-state index contributed by atoms with van der Waals surface area (Å²) in [7, 11) is 0. The summed E-state index contributed by atoms with van der Waals surface area (Å²) in [6.45, 7) is 6.81. The average molecular weight is 369 g/mol. The normalized spacial score (nSPS) is 20.4. The van der Waals surface area contributed by atoms with Crippen molar-refractivity contribution in [2.75, 3.05) is 13.1 Å². The van der Waals surface area contributed by atoms with Gasteiger partial charge in [-0.2, -0.15) is 5.10 Å². The van der Waals surface area contributed by atoms with Crippen LogP contribution >= 0.6 is 11.3 Å². The van der Waals surface area contributed by atoms with E-state index in [2.05, 4.69) is 34.8 Å². The molecular weight excluding hydrogens is 344 g/mol. The highest BCUT2D eigenvalue weighted by Gasteiger charge is 2.24. The fourth-order valence-corrected chi connectivity index (χ4v) is 4.57. The van der Waals surface area contributed by atoms with Crippen LogP contribution in [0.2, 0.25) is 0 Å². The van der Waals surface area contributed by atoms with Crippen molar-refractivity contribution in [3.63, 3.8) is 0 Å². The molecule has 3 aromatic rings. The van der Waals surface area contributed by atoms with Crippen molar-refractivity contribution < 1.29 is 4.79 Å². The van der Waals surface area contributed by atoms with Crippen molar-refractivity contribution in [1.82, 2.24) is 20.4 Å². The summed E-state index contributed by atoms with van der Waals surface area (Å²) in [5.74, 6) is 0.530. The van der Waals surface area contributed by atoms with Gasteiger partial charge in [0.15, 0.2) is 0 Å². The van der Waals surface area contributed by atoms with Crippen molar-refractivity contribution in [3.8, 4) is 0 Å². The number of nitrogens with zero attached hydrogens (tertiary/aromatic N) is 2. The zero-order chi connectivity index (χ0) is 18.1. The van der Waals surface area contributed by atoms with Gasteiger partial charge in [0.1, 0.15) is 4.83 Å². The maximum absolute atomic E-state index is 12.7. The number of aryl methyl sites for hydroxylation is 1. The third-order valence-electron chi connectivity index (χ3n) is 5.15. The number of carbonyl (C=O) groups excluding carboxylic acids is 1. The quantitative estimate of drug-likeness (QED) is 0.744. The number of rotatable bonds is 4. The standard InChI is InChI=1S/C20H24N4OS/c1-13-8-9-21-11-17(13)22-19(25)18-10-16-14(2)23-24(20(16)26-18)12-15-6-4-3-5-7-15/h3-7,10,13,17,21H,8-9,11-12H2,1-2H3,(H,22,25). The Hall–Kier alpha value is -2.18. The molecule has 1 fully saturated rings. The lowest BCUT2D eigenvalue weighted by Gasteiger charge is -2.30. The molecular formula is C20H24N4OS. The first kappa shape index (κ1) is 17.2. The molecule has 3 heterocycles. The minimum Gasteiger partial charge on any atom is -0.347 e. The van der Waals surface area contributed by atoms with Gasteiger partial charge in [-0.25, -0.2) is 0 Å². The summed E-state index contributed by atoms with van der Waals surface area (Å²) in [6, 6.07) is 12.5. The van der Waals surface area contributed by atoms with E-state index in [1.807, 2.05) is 35.9 Å². The lowest BCUT2D eigenvalue weighted by molar-refractivity contribution is 0.0919. The van der Waals surface area contributed by atoms with Crippen LogP contribution in [-0.4, -0.2) is 34.8 Å². The number of benzene rings is 1. The molecule has 2 atom stereocenters. The maximum atomic E-state index is 12.7. The summed E-state index contributed by atoms with van der Waals surface area (Å²) in [6.07, 6.45) is 1.10. The first-order valence-corrected chi connectivity index (χ1v) is 9.96. The molecule has 26 heavy (non-hydrogen) atoms. The molecule has 136 valence electrons. The molecule has 2 N–H and O–H groups in total. The van der Waals surface area contributed by atoms with E-state index in [0.717, 1.165) is 46.8 Å². The van der Waals surface area contributed by atoms with Gasteiger partial charge in [0.2, 0.25) is 0 Å². The minimum absolute atomic E-state index is 0.0254. The van der Waals surface area contributed by atoms with Crippen molar-refractivity contribution in [1.29, 1.82) is 0 Å². The van der Waals surface area contributed by atoms with Gasteiger partial charge in [0.25, 0.3) is 5.91 Å². The zero-order valence-electron chi connectivity index (χ0n) is 15.2. The second-order valence-corrected chi connectivity index (χ2v) is 8.14. The van der Waals surface area contributed by atoms with E-state index in [0.29, 0.717) is 5.92 Å². The number of piperidine rings is 1. The lowest BCUT2D eigenvalue weighted by Crippen LogP contribution is -2.50. The summed E-state index contributed by atoms with van der Waals surface area (Å²) < 4.78 is 2.01. The van der Waals surface area contributed by atoms with Crippen molar-refractivity contribution in [2.45, 2.75) is 32.9 Å². The molecule has 6 heteroatoms. The average Bonchev–Trinajstić information content (AvgIpc) is 3.20. The molecule has 1 aliphatic heterocycles. The van der Waals surface area contributed by atoms with E-state index in [9.17, 15) is 4.79 Å². The highest BCUT2D eigenvalue weighted by atomic mass is 32.1. The number of amides is 1. The van der Waals surface area contributed by atoms with Crippen LogP contribution in [0.15, 0.2) is 36.4 Å². The highest BCUT2D eigenvalue weighted by molar-refractivity contribution is 7.20. The van der Waals surface area contributed by atoms with Crippen LogP contribution in [0.1, 0.15) is 34.3 Å². The number of thiophene rings is 1. The summed E-state index contributed by atoms with van der Waals surface area (Å²) in [4.78, 5) is 14.6. The number of nitrogens with one attached hydrogen (secondary N) is 2. The summed E-state index contributed by atoms with van der Waals surface area (Å²) in [5, 5.41) is 12.3. The van der Waals surface area contributed by atoms with Gasteiger partial charge in [-0.15, -0.1) is 11.3 Å². The largest absolute Gasteiger partial charge is 0.347 e. The van der Waals surface area contributed by atoms with E-state index in [4.69, 9.17) is 0 Å². The number of carbonyl (C=O) groups is 1. The van der Waals surface area contributed by atoms with E-state index in [1.54, 1.807) is 0 Å². The number of hydrogen-bond acceptors (Lipinski definition) is 4. The predicted molar refractivity (Wildman–Crippen MR) is 106 cm³/mol. The zero-order valence-corrected chi connectivity index (χ0v) is 16.0. The van der Waals surface area contributed by atoms with Crippen LogP contribution in [0.4, 0.5) is 0 Å². The maximum Gasteiger partial charge on any atom is 0.261 e. The molecule has 4 rings (SSSR count). The third kappa shape index (κ3) is 3.39. The summed E-state index contributed by atoms with van der Waals surface area (Å²) >= 11 is 1.53. The van der Waals surface area contributed by atoms with Gasteiger partial charge in [-0.05, 0) is 37.4 Å². The van der Waals surface area contributed by atoms with Gasteiger partial charge < -0.3 is 10.6 Å². The Morgan fingerprint density at radius 3 is 2.96 bits per heavy atom. The Kier molecular flexibility index (Phi) is 4.78. The van der Waals surface area contributed by atoms with Crippen molar-refractivity contribution in [3.05, 3.63) is 52.5 Å². The van der Waals surface area contributed by atoms with Crippen LogP contribution in [0.5, 0.6) is 0 Å². The summed E-state index contributed by atoms with van der Waals surface area (Å²) in [5.41, 5.74) is 2.18. The first-order chi connectivity index (χ1) is 12.6. The van der Waals surface area contributed by atoms with Gasteiger partial charge in [0.05, 0.1) is 17.1 Å². The van der Waals surface area contributed by atoms with E-state index in [1.165, 1.54) is 16.9 Å². The predicted octanol–water partition coefficient (Wildman–Crippen LogP) is 3.18. The van der Waals surface area contributed by atoms with Crippen LogP contribution < -0.4 is 10.6 Å². The van der Waals surface area contributed by atoms with E-state index >= 15 is 0 Å². The van der Waals surface area contributed by atoms with Gasteiger partial charge >= 0.3 is 0 Å². The van der Waals surface area contributed by atoms with Crippen LogP contribution in [-0.2, 0) is 6.54 Å². The molecule has 0 saturated carbocycles. The number of aromatic nitrogens is 2. The Balaban J connectivity index is 1.57. The smallest absolute Gasteiger partial charge is 0.261 e. The van der Waals surface area contributed by atoms with Gasteiger partial charge in [0, 0.05) is 18.0 Å². The molecule has 0 aliphatic carbocycles. The molecule has 2 unspecified atom stereocenters. The fourth-order valence-electron chi connectivity index (χ4n) is 3.51. The van der Waals surface area contributed by atoms with Crippen LogP contribution in [0.3, 0.4) is 0 Å². The molecule has 0 spiro atoms. The Morgan fingerprint density at radius 2 is 2.19 bits per heavy atom. The fraction of sp³-hybridized carbons (Fsp3) is 0.400. The Labute approximate surface area is 157 Å². The molecule has 1 amide bonds. The molecule has 1 aromatic carbocycles. The van der Waals surface area contributed by atoms with Crippen molar-refractivity contribution >= 4 is 27.5 Å². The Morgan fingerprint density at radius 1 is 1.38 bits per heavy atom. The lowest BCUT2D eigenvalue weighted by atomic mass is 9.95. The number of hydrogen-bond donors (Lipinski definition) is 2. The molecule has 2 aromatic heterocycles. The SMILES string of the molecule is Cc1nn(Cc2ccccc2)c2sc(C(=O)NC3CNCCC3C)cc12. The highest BCUT2D eigenvalue weighted by Crippen LogP contribution is 2.29. The van der Waals surface area contributed by atoms with E-state index in [-0.39, 0.29) is 11.9 Å². The van der Waals surface area contributed by atoms with Gasteiger partial charge in [-0.1, -0.05) is 37.3 Å². The molecule has 0 bridgehead atoms. The molecule has 1 aliphatic rings. The second kappa shape index (κ2) is 7.21. The molecule has 0 radical (unpaired) electrons. The Bertz CT molecular complexity index is 915. The topological polar surface area (TPSA) is 59.0 Å². The second-order valence-electron chi connectivity index (χ2n) is 7.11. The van der Waals surface area contributed by atoms with E-state index < -0.39 is 0 Å². The first-order valence-electron chi connectivity index (χ1n) is 9.14. The monoisotopic (exact) mass is 368 g/mol. The minimum atomic E-state index is 0.0254. The van der Waals surface area contributed by atoms with Crippen LogP contribution in [0, 0.1) is 12.8 Å².